The van der Waals surface area contributed by atoms with Gasteiger partial charge in [0.25, 0.3) is 5.91 Å². The minimum Gasteiger partial charge on any atom is -0.353 e. The van der Waals surface area contributed by atoms with Gasteiger partial charge in [-0.3, -0.25) is 14.6 Å². The lowest BCUT2D eigenvalue weighted by Gasteiger charge is -2.36. The van der Waals surface area contributed by atoms with Gasteiger partial charge in [0, 0.05) is 43.7 Å². The van der Waals surface area contributed by atoms with Gasteiger partial charge in [0.05, 0.1) is 0 Å². The van der Waals surface area contributed by atoms with Crippen LogP contribution in [0, 0.1) is 0 Å². The van der Waals surface area contributed by atoms with Crippen LogP contribution in [-0.4, -0.2) is 55.7 Å². The fraction of sp³-hybridized carbons (Fsp3) is 0.440. The Hall–Kier alpha value is -3.62. The smallest absolute Gasteiger partial charge is 0.253 e. The quantitative estimate of drug-likeness (QED) is 0.645. The first-order valence-electron chi connectivity index (χ1n) is 11.7. The van der Waals surface area contributed by atoms with E-state index in [1.165, 1.54) is 0 Å². The Morgan fingerprint density at radius 2 is 1.94 bits per heavy atom. The fourth-order valence-electron chi connectivity index (χ4n) is 5.49. The predicted molar refractivity (Wildman–Crippen MR) is 127 cm³/mol. The molecule has 1 aromatic carbocycles. The number of anilines is 1. The van der Waals surface area contributed by atoms with Crippen molar-refractivity contribution in [2.24, 2.45) is 4.99 Å². The lowest BCUT2D eigenvalue weighted by Crippen LogP contribution is -2.49. The van der Waals surface area contributed by atoms with Crippen LogP contribution < -0.4 is 10.2 Å². The number of hydrogen-bond donors (Lipinski definition) is 1. The number of hydrogen-bond acceptors (Lipinski definition) is 7. The van der Waals surface area contributed by atoms with Gasteiger partial charge in [-0.05, 0) is 50.3 Å². The minimum atomic E-state index is -0.645. The van der Waals surface area contributed by atoms with Gasteiger partial charge >= 0.3 is 0 Å². The highest BCUT2D eigenvalue weighted by Crippen LogP contribution is 2.36. The second kappa shape index (κ2) is 7.19. The van der Waals surface area contributed by atoms with Gasteiger partial charge < -0.3 is 10.2 Å². The third-order valence-corrected chi connectivity index (χ3v) is 7.52. The summed E-state index contributed by atoms with van der Waals surface area (Å²) >= 11 is 0. The van der Waals surface area contributed by atoms with Crippen molar-refractivity contribution in [3.63, 3.8) is 0 Å². The average molecular weight is 458 g/mol. The predicted octanol–water partition coefficient (Wildman–Crippen LogP) is 2.01. The maximum atomic E-state index is 12.4. The molecule has 4 heterocycles. The molecular weight excluding hydrogens is 430 g/mol. The summed E-state index contributed by atoms with van der Waals surface area (Å²) in [5.74, 6) is 2.44. The van der Waals surface area contributed by atoms with Crippen molar-refractivity contribution in [3.05, 3.63) is 53.1 Å². The molecule has 6 rings (SSSR count). The first-order valence-corrected chi connectivity index (χ1v) is 11.7. The molecule has 3 aliphatic rings. The number of ketones is 1. The zero-order chi connectivity index (χ0) is 23.7. The molecule has 1 fully saturated rings. The van der Waals surface area contributed by atoms with Crippen LogP contribution in [-0.2, 0) is 27.8 Å². The van der Waals surface area contributed by atoms with Gasteiger partial charge in [-0.2, -0.15) is 5.10 Å². The molecule has 9 nitrogen and oxygen atoms in total. The van der Waals surface area contributed by atoms with Crippen LogP contribution >= 0.6 is 0 Å². The number of piperidine rings is 1. The Kier molecular flexibility index (Phi) is 4.43. The maximum absolute atomic E-state index is 12.4. The number of nitrogens with zero attached hydrogens (tertiary/aromatic N) is 6. The molecule has 3 aromatic rings. The Bertz CT molecular complexity index is 1380. The van der Waals surface area contributed by atoms with Gasteiger partial charge in [-0.15, -0.1) is 0 Å². The Morgan fingerprint density at radius 1 is 1.15 bits per heavy atom. The van der Waals surface area contributed by atoms with Crippen molar-refractivity contribution in [2.45, 2.75) is 57.4 Å². The zero-order valence-corrected chi connectivity index (χ0v) is 19.6. The van der Waals surface area contributed by atoms with Crippen LogP contribution in [0.1, 0.15) is 56.1 Å². The number of amides is 1. The van der Waals surface area contributed by atoms with Crippen LogP contribution in [0.4, 0.5) is 5.82 Å². The van der Waals surface area contributed by atoms with Crippen molar-refractivity contribution >= 4 is 29.0 Å². The van der Waals surface area contributed by atoms with E-state index in [2.05, 4.69) is 43.5 Å². The topological polar surface area (TPSA) is 105 Å². The van der Waals surface area contributed by atoms with Crippen LogP contribution in [0.15, 0.2) is 35.6 Å². The van der Waals surface area contributed by atoms with E-state index >= 15 is 0 Å². The van der Waals surface area contributed by atoms with Crippen LogP contribution in [0.2, 0.25) is 0 Å². The molecule has 0 saturated carbocycles. The van der Waals surface area contributed by atoms with Crippen molar-refractivity contribution < 1.29 is 9.59 Å². The number of rotatable bonds is 3. The molecule has 0 bridgehead atoms. The highest BCUT2D eigenvalue weighted by molar-refractivity contribution is 6.07. The van der Waals surface area contributed by atoms with E-state index in [0.717, 1.165) is 22.5 Å². The van der Waals surface area contributed by atoms with E-state index in [-0.39, 0.29) is 11.7 Å². The molecule has 1 N–H and O–H groups in total. The molecule has 9 heteroatoms. The molecule has 174 valence electrons. The molecule has 2 aliphatic heterocycles. The highest BCUT2D eigenvalue weighted by atomic mass is 16.2. The van der Waals surface area contributed by atoms with E-state index in [1.807, 2.05) is 27.0 Å². The molecule has 1 amide bonds. The minimum absolute atomic E-state index is 0.0000145. The fourth-order valence-corrected chi connectivity index (χ4v) is 5.49. The second-order valence-corrected chi connectivity index (χ2v) is 10.1. The van der Waals surface area contributed by atoms with Crippen LogP contribution in [0.3, 0.4) is 0 Å². The Labute approximate surface area is 197 Å². The van der Waals surface area contributed by atoms with Crippen molar-refractivity contribution in [2.75, 3.05) is 18.0 Å². The van der Waals surface area contributed by atoms with Crippen molar-refractivity contribution in [1.29, 1.82) is 0 Å². The number of nitrogens with one attached hydrogen (secondary N) is 1. The van der Waals surface area contributed by atoms with Gasteiger partial charge in [-0.1, -0.05) is 18.2 Å². The van der Waals surface area contributed by atoms with Gasteiger partial charge in [0.1, 0.15) is 17.2 Å². The monoisotopic (exact) mass is 457 g/mol. The third kappa shape index (κ3) is 3.13. The molecule has 1 saturated heterocycles. The van der Waals surface area contributed by atoms with Crippen LogP contribution in [0.25, 0.3) is 5.65 Å². The summed E-state index contributed by atoms with van der Waals surface area (Å²) in [6.07, 6.45) is 5.90. The zero-order valence-electron chi connectivity index (χ0n) is 19.6. The largest absolute Gasteiger partial charge is 0.353 e. The SMILES string of the molecule is CC1=NC2(CCN(c3nccn4nc(Cc5ccc6c(c5)CC(=O)C6(C)C)nc34)CC2)C(=O)N1. The van der Waals surface area contributed by atoms with E-state index in [9.17, 15) is 9.59 Å². The van der Waals surface area contributed by atoms with E-state index in [4.69, 9.17) is 4.98 Å². The van der Waals surface area contributed by atoms with Crippen molar-refractivity contribution in [1.82, 2.24) is 24.9 Å². The molecular formula is C25H27N7O2. The molecule has 1 aliphatic carbocycles. The van der Waals surface area contributed by atoms with Crippen LogP contribution in [0.5, 0.6) is 0 Å². The van der Waals surface area contributed by atoms with Gasteiger partial charge in [-0.25, -0.2) is 14.5 Å². The number of aromatic nitrogens is 4. The molecule has 0 unspecified atom stereocenters. The van der Waals surface area contributed by atoms with Crippen molar-refractivity contribution in [3.8, 4) is 0 Å². The van der Waals surface area contributed by atoms with Gasteiger partial charge in [0.2, 0.25) is 0 Å². The number of aliphatic imine (C=N–C) groups is 1. The van der Waals surface area contributed by atoms with E-state index in [0.29, 0.717) is 56.1 Å². The number of carbonyl (C=O) groups is 2. The first-order chi connectivity index (χ1) is 16.2. The molecule has 1 spiro atoms. The summed E-state index contributed by atoms with van der Waals surface area (Å²) < 4.78 is 1.77. The van der Waals surface area contributed by atoms with E-state index in [1.54, 1.807) is 10.7 Å². The number of amidine groups is 1. The summed E-state index contributed by atoms with van der Waals surface area (Å²) in [7, 11) is 0. The number of fused-ring (bicyclic) bond motifs is 2. The summed E-state index contributed by atoms with van der Waals surface area (Å²) in [6.45, 7) is 7.17. The average Bonchev–Trinajstić information content (AvgIpc) is 3.40. The summed E-state index contributed by atoms with van der Waals surface area (Å²) in [5.41, 5.74) is 2.97. The maximum Gasteiger partial charge on any atom is 0.253 e. The second-order valence-electron chi connectivity index (χ2n) is 10.1. The normalized spacial score (nSPS) is 20.7. The summed E-state index contributed by atoms with van der Waals surface area (Å²) in [6, 6.07) is 6.26. The van der Waals surface area contributed by atoms with E-state index < -0.39 is 11.0 Å². The third-order valence-electron chi connectivity index (χ3n) is 7.52. The Balaban J connectivity index is 1.24. The van der Waals surface area contributed by atoms with Gasteiger partial charge in [0.15, 0.2) is 17.3 Å². The molecule has 0 radical (unpaired) electrons. The first kappa shape index (κ1) is 20.9. The lowest BCUT2D eigenvalue weighted by molar-refractivity contribution is -0.124. The molecule has 34 heavy (non-hydrogen) atoms. The number of Topliss-reactive ketones (excluding diaryl/α,β-unsaturated/α-hetero) is 1. The molecule has 0 atom stereocenters. The Morgan fingerprint density at radius 3 is 2.68 bits per heavy atom. The number of benzene rings is 1. The molecule has 2 aromatic heterocycles. The summed E-state index contributed by atoms with van der Waals surface area (Å²) in [5, 5.41) is 7.52. The summed E-state index contributed by atoms with van der Waals surface area (Å²) in [4.78, 5) is 41.0. The highest BCUT2D eigenvalue weighted by Gasteiger charge is 2.45. The lowest BCUT2D eigenvalue weighted by atomic mass is 9.85. The standard InChI is InChI=1S/C25H27N7O2/c1-15-27-23(34)25(29-15)6-9-31(10-7-25)21-22-28-20(30-32(22)11-8-26-21)13-16-4-5-18-17(12-16)14-19(33)24(18,2)3/h4-5,8,11-12H,6-7,9-10,13-14H2,1-3H3,(H,27,29,34). The number of carbonyl (C=O) groups excluding carboxylic acids is 2.